The van der Waals surface area contributed by atoms with Crippen molar-refractivity contribution in [3.05, 3.63) is 194 Å². The molecule has 0 fully saturated rings. The summed E-state index contributed by atoms with van der Waals surface area (Å²) >= 11 is 0. The molecule has 13 rings (SSSR count). The maximum absolute atomic E-state index is 6.22. The molecular weight excluding hydrogens is 721 g/mol. The van der Waals surface area contributed by atoms with Crippen molar-refractivity contribution >= 4 is 76.3 Å². The number of aromatic nitrogens is 4. The van der Waals surface area contributed by atoms with Gasteiger partial charge in [0.1, 0.15) is 11.2 Å². The fraction of sp³-hybridized carbons (Fsp3) is 0. The van der Waals surface area contributed by atoms with Gasteiger partial charge in [-0.3, -0.25) is 4.57 Å². The Kier molecular flexibility index (Phi) is 6.66. The maximum atomic E-state index is 6.22. The third-order valence-corrected chi connectivity index (χ3v) is 12.1. The van der Waals surface area contributed by atoms with E-state index in [1.165, 1.54) is 38.1 Å². The second-order valence-electron chi connectivity index (χ2n) is 15.4. The number of furan rings is 1. The lowest BCUT2D eigenvalue weighted by atomic mass is 9.94. The van der Waals surface area contributed by atoms with Crippen LogP contribution in [0.1, 0.15) is 0 Å². The van der Waals surface area contributed by atoms with Crippen molar-refractivity contribution in [3.63, 3.8) is 0 Å². The minimum Gasteiger partial charge on any atom is -0.456 e. The molecule has 0 amide bonds. The van der Waals surface area contributed by atoms with Crippen molar-refractivity contribution in [2.45, 2.75) is 0 Å². The molecule has 0 bridgehead atoms. The predicted molar refractivity (Wildman–Crippen MR) is 243 cm³/mol. The summed E-state index contributed by atoms with van der Waals surface area (Å²) in [5.74, 6) is 0.644. The van der Waals surface area contributed by atoms with Gasteiger partial charge in [-0.25, -0.2) is 9.97 Å². The van der Waals surface area contributed by atoms with E-state index < -0.39 is 0 Å². The van der Waals surface area contributed by atoms with E-state index in [9.17, 15) is 0 Å². The summed E-state index contributed by atoms with van der Waals surface area (Å²) in [5, 5.41) is 9.58. The smallest absolute Gasteiger partial charge is 0.235 e. The second kappa shape index (κ2) is 12.2. The summed E-state index contributed by atoms with van der Waals surface area (Å²) in [6.45, 7) is 0. The Morgan fingerprint density at radius 2 is 1.02 bits per heavy atom. The first-order valence-electron chi connectivity index (χ1n) is 20.0. The van der Waals surface area contributed by atoms with Crippen LogP contribution in [0.15, 0.2) is 199 Å². The van der Waals surface area contributed by atoms with Crippen LogP contribution < -0.4 is 0 Å². The van der Waals surface area contributed by atoms with Crippen LogP contribution >= 0.6 is 0 Å². The fourth-order valence-electron chi connectivity index (χ4n) is 9.48. The zero-order valence-electron chi connectivity index (χ0n) is 31.7. The van der Waals surface area contributed by atoms with E-state index in [4.69, 9.17) is 14.4 Å². The standard InChI is InChI=1S/C54H32N4O/c1-3-12-33(13-4-1)44-32-45(34-14-5-2-6-15-34)56-54(55-44)58-46-19-9-7-17-39(46)42-30-36(23-27-47(42)58)38-26-28-49-53-41(38)25-22-35-16-11-20-48(52(35)53)57(49)37-24-29-51-43(31-37)40-18-8-10-21-50(40)59-51/h1-32H. The Morgan fingerprint density at radius 3 is 1.83 bits per heavy atom. The Morgan fingerprint density at radius 1 is 0.356 bits per heavy atom. The molecule has 5 nitrogen and oxygen atoms in total. The number of rotatable bonds is 5. The molecule has 0 aliphatic rings. The normalized spacial score (nSPS) is 12.1. The average molecular weight is 753 g/mol. The lowest BCUT2D eigenvalue weighted by Gasteiger charge is -2.12. The molecule has 59 heavy (non-hydrogen) atoms. The lowest BCUT2D eigenvalue weighted by molar-refractivity contribution is 0.669. The third-order valence-electron chi connectivity index (χ3n) is 12.1. The fourth-order valence-corrected chi connectivity index (χ4v) is 9.48. The number of benzene rings is 9. The van der Waals surface area contributed by atoms with Crippen LogP contribution in [0.2, 0.25) is 0 Å². The lowest BCUT2D eigenvalue weighted by Crippen LogP contribution is -2.03. The molecular formula is C54H32N4O. The van der Waals surface area contributed by atoms with Crippen LogP contribution in [0.3, 0.4) is 0 Å². The highest BCUT2D eigenvalue weighted by atomic mass is 16.3. The molecule has 4 heterocycles. The highest BCUT2D eigenvalue weighted by molar-refractivity contribution is 6.27. The van der Waals surface area contributed by atoms with Gasteiger partial charge in [0.25, 0.3) is 0 Å². The molecule has 0 saturated carbocycles. The average Bonchev–Trinajstić information content (AvgIpc) is 3.96. The molecule has 0 radical (unpaired) electrons. The summed E-state index contributed by atoms with van der Waals surface area (Å²) in [6.07, 6.45) is 0. The largest absolute Gasteiger partial charge is 0.456 e. The van der Waals surface area contributed by atoms with Crippen LogP contribution in [0.4, 0.5) is 0 Å². The number of fused-ring (bicyclic) bond motifs is 6. The molecule has 0 saturated heterocycles. The molecule has 0 aliphatic heterocycles. The quantitative estimate of drug-likeness (QED) is 0.165. The van der Waals surface area contributed by atoms with Gasteiger partial charge in [-0.05, 0) is 82.6 Å². The van der Waals surface area contributed by atoms with Crippen molar-refractivity contribution in [1.29, 1.82) is 0 Å². The van der Waals surface area contributed by atoms with Gasteiger partial charge in [0.05, 0.1) is 33.5 Å². The molecule has 0 N–H and O–H groups in total. The second-order valence-corrected chi connectivity index (χ2v) is 15.4. The first-order valence-corrected chi connectivity index (χ1v) is 20.0. The van der Waals surface area contributed by atoms with E-state index in [-0.39, 0.29) is 0 Å². The minimum atomic E-state index is 0.644. The Labute approximate surface area is 338 Å². The van der Waals surface area contributed by atoms with E-state index in [2.05, 4.69) is 179 Å². The summed E-state index contributed by atoms with van der Waals surface area (Å²) in [4.78, 5) is 10.5. The van der Waals surface area contributed by atoms with Crippen LogP contribution in [-0.4, -0.2) is 19.1 Å². The summed E-state index contributed by atoms with van der Waals surface area (Å²) in [5.41, 5.74) is 13.7. The third kappa shape index (κ3) is 4.73. The Bertz CT molecular complexity index is 3720. The van der Waals surface area contributed by atoms with Crippen molar-refractivity contribution in [2.24, 2.45) is 0 Å². The zero-order chi connectivity index (χ0) is 38.6. The number of para-hydroxylation sites is 2. The number of hydrogen-bond acceptors (Lipinski definition) is 3. The Hall–Kier alpha value is -8.02. The van der Waals surface area contributed by atoms with E-state index in [0.717, 1.165) is 77.5 Å². The SMILES string of the molecule is c1ccc(-c2cc(-c3ccccc3)nc(-n3c4ccccc4c4cc(-c5ccc6c7c5ccc5cccc(c57)n6-c5ccc6oc7ccccc7c6c5)ccc43)n2)cc1. The van der Waals surface area contributed by atoms with Crippen LogP contribution in [0.5, 0.6) is 0 Å². The van der Waals surface area contributed by atoms with Gasteiger partial charge in [-0.1, -0.05) is 133 Å². The molecule has 9 aromatic carbocycles. The summed E-state index contributed by atoms with van der Waals surface area (Å²) in [6, 6.07) is 69.0. The van der Waals surface area contributed by atoms with Gasteiger partial charge in [0.15, 0.2) is 0 Å². The van der Waals surface area contributed by atoms with E-state index >= 15 is 0 Å². The Balaban J connectivity index is 1.02. The molecule has 5 heteroatoms. The molecule has 0 atom stereocenters. The van der Waals surface area contributed by atoms with E-state index in [0.29, 0.717) is 5.95 Å². The zero-order valence-corrected chi connectivity index (χ0v) is 31.7. The van der Waals surface area contributed by atoms with Gasteiger partial charge >= 0.3 is 0 Å². The molecule has 0 spiro atoms. The van der Waals surface area contributed by atoms with E-state index in [1.807, 2.05) is 24.3 Å². The van der Waals surface area contributed by atoms with Crippen molar-refractivity contribution in [2.75, 3.05) is 0 Å². The van der Waals surface area contributed by atoms with Gasteiger partial charge in [-0.15, -0.1) is 0 Å². The highest BCUT2D eigenvalue weighted by Gasteiger charge is 2.22. The van der Waals surface area contributed by atoms with Gasteiger partial charge < -0.3 is 8.98 Å². The number of hydrogen-bond donors (Lipinski definition) is 0. The molecule has 4 aromatic heterocycles. The summed E-state index contributed by atoms with van der Waals surface area (Å²) in [7, 11) is 0. The molecule has 0 unspecified atom stereocenters. The van der Waals surface area contributed by atoms with Crippen LogP contribution in [0.25, 0.3) is 122 Å². The summed E-state index contributed by atoms with van der Waals surface area (Å²) < 4.78 is 10.9. The van der Waals surface area contributed by atoms with Crippen LogP contribution in [-0.2, 0) is 0 Å². The van der Waals surface area contributed by atoms with E-state index in [1.54, 1.807) is 0 Å². The maximum Gasteiger partial charge on any atom is 0.235 e. The molecule has 0 aliphatic carbocycles. The topological polar surface area (TPSA) is 48.8 Å². The first-order chi connectivity index (χ1) is 29.2. The van der Waals surface area contributed by atoms with Gasteiger partial charge in [0, 0.05) is 49.1 Å². The first kappa shape index (κ1) is 32.1. The van der Waals surface area contributed by atoms with Crippen molar-refractivity contribution in [3.8, 4) is 45.3 Å². The van der Waals surface area contributed by atoms with Gasteiger partial charge in [-0.2, -0.15) is 0 Å². The van der Waals surface area contributed by atoms with Crippen LogP contribution in [0, 0.1) is 0 Å². The van der Waals surface area contributed by atoms with Crippen molar-refractivity contribution in [1.82, 2.24) is 19.1 Å². The highest BCUT2D eigenvalue weighted by Crippen LogP contribution is 2.44. The monoisotopic (exact) mass is 752 g/mol. The predicted octanol–water partition coefficient (Wildman–Crippen LogP) is 14.2. The van der Waals surface area contributed by atoms with Gasteiger partial charge in [0.2, 0.25) is 5.95 Å². The number of nitrogens with zero attached hydrogens (tertiary/aromatic N) is 4. The minimum absolute atomic E-state index is 0.644. The molecule has 274 valence electrons. The van der Waals surface area contributed by atoms with Crippen molar-refractivity contribution < 1.29 is 4.42 Å². The molecule has 13 aromatic rings.